The van der Waals surface area contributed by atoms with E-state index in [9.17, 15) is 0 Å². The second-order valence-corrected chi connectivity index (χ2v) is 5.56. The first kappa shape index (κ1) is 17.7. The van der Waals surface area contributed by atoms with E-state index >= 15 is 0 Å². The van der Waals surface area contributed by atoms with E-state index in [-0.39, 0.29) is 12.2 Å². The second kappa shape index (κ2) is 8.26. The summed E-state index contributed by atoms with van der Waals surface area (Å²) in [5, 5.41) is 18.7. The Labute approximate surface area is 150 Å². The maximum atomic E-state index is 8.84. The summed E-state index contributed by atoms with van der Waals surface area (Å²) >= 11 is 12.0. The van der Waals surface area contributed by atoms with Crippen molar-refractivity contribution in [2.45, 2.75) is 6.61 Å². The molecular formula is C18H12Cl2N2O2. The second-order valence-electron chi connectivity index (χ2n) is 4.72. The van der Waals surface area contributed by atoms with Gasteiger partial charge in [0.15, 0.2) is 11.5 Å². The van der Waals surface area contributed by atoms with Gasteiger partial charge in [0.2, 0.25) is 0 Å². The molecule has 0 unspecified atom stereocenters. The predicted octanol–water partition coefficient (Wildman–Crippen LogP) is 5.01. The molecule has 0 amide bonds. The SMILES string of the molecule is COc1ccc(C=C(C#N)C#N)cc1OCc1ccc(Cl)cc1Cl. The third-order valence-electron chi connectivity index (χ3n) is 3.14. The minimum Gasteiger partial charge on any atom is -0.493 e. The molecule has 0 heterocycles. The zero-order valence-corrected chi connectivity index (χ0v) is 14.2. The Morgan fingerprint density at radius 3 is 2.46 bits per heavy atom. The molecule has 0 aromatic heterocycles. The number of hydrogen-bond acceptors (Lipinski definition) is 4. The van der Waals surface area contributed by atoms with Crippen LogP contribution in [0.5, 0.6) is 11.5 Å². The van der Waals surface area contributed by atoms with Crippen molar-refractivity contribution >= 4 is 29.3 Å². The molecule has 0 fully saturated rings. The van der Waals surface area contributed by atoms with Crippen molar-refractivity contribution in [3.8, 4) is 23.6 Å². The Bertz CT molecular complexity index is 848. The highest BCUT2D eigenvalue weighted by Gasteiger charge is 2.08. The number of rotatable bonds is 5. The third-order valence-corrected chi connectivity index (χ3v) is 3.72. The lowest BCUT2D eigenvalue weighted by Crippen LogP contribution is -1.99. The van der Waals surface area contributed by atoms with Crippen molar-refractivity contribution in [2.75, 3.05) is 7.11 Å². The quantitative estimate of drug-likeness (QED) is 0.704. The number of benzene rings is 2. The highest BCUT2D eigenvalue weighted by molar-refractivity contribution is 6.35. The molecular weight excluding hydrogens is 347 g/mol. The van der Waals surface area contributed by atoms with Crippen molar-refractivity contribution in [3.63, 3.8) is 0 Å². The molecule has 6 heteroatoms. The minimum absolute atomic E-state index is 0.00635. The predicted molar refractivity (Wildman–Crippen MR) is 93.0 cm³/mol. The maximum absolute atomic E-state index is 8.84. The molecule has 0 aliphatic rings. The van der Waals surface area contributed by atoms with E-state index in [0.717, 1.165) is 5.56 Å². The zero-order chi connectivity index (χ0) is 17.5. The van der Waals surface area contributed by atoms with Gasteiger partial charge >= 0.3 is 0 Å². The van der Waals surface area contributed by atoms with Crippen LogP contribution in [0.2, 0.25) is 10.0 Å². The average Bonchev–Trinajstić information content (AvgIpc) is 2.59. The van der Waals surface area contributed by atoms with Gasteiger partial charge in [0.05, 0.1) is 7.11 Å². The molecule has 0 aliphatic heterocycles. The highest BCUT2D eigenvalue weighted by atomic mass is 35.5. The van der Waals surface area contributed by atoms with E-state index in [1.165, 1.54) is 13.2 Å². The van der Waals surface area contributed by atoms with Crippen LogP contribution in [0.3, 0.4) is 0 Å². The fourth-order valence-corrected chi connectivity index (χ4v) is 2.41. The van der Waals surface area contributed by atoms with Gasteiger partial charge in [-0.25, -0.2) is 0 Å². The van der Waals surface area contributed by atoms with E-state index in [1.807, 2.05) is 12.1 Å². The van der Waals surface area contributed by atoms with Crippen LogP contribution in [0, 0.1) is 22.7 Å². The molecule has 0 saturated carbocycles. The fourth-order valence-electron chi connectivity index (χ4n) is 1.95. The lowest BCUT2D eigenvalue weighted by atomic mass is 10.1. The van der Waals surface area contributed by atoms with Crippen molar-refractivity contribution in [3.05, 3.63) is 63.1 Å². The van der Waals surface area contributed by atoms with Crippen molar-refractivity contribution in [2.24, 2.45) is 0 Å². The molecule has 24 heavy (non-hydrogen) atoms. The molecule has 120 valence electrons. The summed E-state index contributed by atoms with van der Waals surface area (Å²) in [4.78, 5) is 0. The van der Waals surface area contributed by atoms with E-state index < -0.39 is 0 Å². The summed E-state index contributed by atoms with van der Waals surface area (Å²) in [5.41, 5.74) is 1.44. The summed E-state index contributed by atoms with van der Waals surface area (Å²) < 4.78 is 11.0. The molecule has 0 atom stereocenters. The van der Waals surface area contributed by atoms with Gasteiger partial charge in [-0.1, -0.05) is 35.3 Å². The Hall–Kier alpha value is -2.66. The number of halogens is 2. The molecule has 4 nitrogen and oxygen atoms in total. The Balaban J connectivity index is 2.27. The summed E-state index contributed by atoms with van der Waals surface area (Å²) in [6.45, 7) is 0.225. The maximum Gasteiger partial charge on any atom is 0.162 e. The lowest BCUT2D eigenvalue weighted by Gasteiger charge is -2.12. The number of hydrogen-bond donors (Lipinski definition) is 0. The van der Waals surface area contributed by atoms with E-state index in [4.69, 9.17) is 43.2 Å². The van der Waals surface area contributed by atoms with Gasteiger partial charge in [-0.15, -0.1) is 0 Å². The smallest absolute Gasteiger partial charge is 0.162 e. The molecule has 2 rings (SSSR count). The van der Waals surface area contributed by atoms with Crippen LogP contribution in [0.15, 0.2) is 42.0 Å². The average molecular weight is 359 g/mol. The van der Waals surface area contributed by atoms with Crippen LogP contribution in [0.4, 0.5) is 0 Å². The minimum atomic E-state index is 0.00635. The Morgan fingerprint density at radius 1 is 1.08 bits per heavy atom. The van der Waals surface area contributed by atoms with Crippen molar-refractivity contribution in [1.29, 1.82) is 10.5 Å². The molecule has 0 radical (unpaired) electrons. The Morgan fingerprint density at radius 2 is 1.83 bits per heavy atom. The molecule has 2 aromatic carbocycles. The largest absolute Gasteiger partial charge is 0.493 e. The van der Waals surface area contributed by atoms with Crippen LogP contribution in [0.1, 0.15) is 11.1 Å². The standard InChI is InChI=1S/C18H12Cl2N2O2/c1-23-17-5-2-12(6-13(9-21)10-22)7-18(17)24-11-14-3-4-15(19)8-16(14)20/h2-8H,11H2,1H3. The molecule has 0 aliphatic carbocycles. The summed E-state index contributed by atoms with van der Waals surface area (Å²) in [6.07, 6.45) is 1.47. The van der Waals surface area contributed by atoms with Crippen LogP contribution in [0.25, 0.3) is 6.08 Å². The molecule has 0 spiro atoms. The zero-order valence-electron chi connectivity index (χ0n) is 12.7. The number of ether oxygens (including phenoxy) is 2. The molecule has 0 bridgehead atoms. The third kappa shape index (κ3) is 4.43. The van der Waals surface area contributed by atoms with Gasteiger partial charge in [0.25, 0.3) is 0 Å². The van der Waals surface area contributed by atoms with Gasteiger partial charge in [-0.2, -0.15) is 10.5 Å². The fraction of sp³-hybridized carbons (Fsp3) is 0.111. The first-order valence-corrected chi connectivity index (χ1v) is 7.59. The number of nitriles is 2. The van der Waals surface area contributed by atoms with E-state index in [1.54, 1.807) is 36.4 Å². The molecule has 0 N–H and O–H groups in total. The van der Waals surface area contributed by atoms with E-state index in [0.29, 0.717) is 27.1 Å². The first-order valence-electron chi connectivity index (χ1n) is 6.84. The summed E-state index contributed by atoms with van der Waals surface area (Å²) in [7, 11) is 1.53. The van der Waals surface area contributed by atoms with Gasteiger partial charge < -0.3 is 9.47 Å². The number of methoxy groups -OCH3 is 1. The van der Waals surface area contributed by atoms with Gasteiger partial charge in [-0.05, 0) is 35.9 Å². The van der Waals surface area contributed by atoms with Gasteiger partial charge in [-0.3, -0.25) is 0 Å². The lowest BCUT2D eigenvalue weighted by molar-refractivity contribution is 0.284. The first-order chi connectivity index (χ1) is 11.6. The van der Waals surface area contributed by atoms with Gasteiger partial charge in [0.1, 0.15) is 24.3 Å². The monoisotopic (exact) mass is 358 g/mol. The van der Waals surface area contributed by atoms with Crippen molar-refractivity contribution in [1.82, 2.24) is 0 Å². The summed E-state index contributed by atoms with van der Waals surface area (Å²) in [6, 6.07) is 13.9. The van der Waals surface area contributed by atoms with Crippen LogP contribution in [-0.4, -0.2) is 7.11 Å². The van der Waals surface area contributed by atoms with Gasteiger partial charge in [0, 0.05) is 15.6 Å². The van der Waals surface area contributed by atoms with Crippen LogP contribution in [-0.2, 0) is 6.61 Å². The van der Waals surface area contributed by atoms with E-state index in [2.05, 4.69) is 0 Å². The highest BCUT2D eigenvalue weighted by Crippen LogP contribution is 2.30. The normalized spacial score (nSPS) is 9.54. The Kier molecular flexibility index (Phi) is 6.09. The molecule has 2 aromatic rings. The van der Waals surface area contributed by atoms with Crippen LogP contribution < -0.4 is 9.47 Å². The van der Waals surface area contributed by atoms with Crippen LogP contribution >= 0.6 is 23.2 Å². The summed E-state index contributed by atoms with van der Waals surface area (Å²) in [5.74, 6) is 1.01. The van der Waals surface area contributed by atoms with Crippen molar-refractivity contribution < 1.29 is 9.47 Å². The molecule has 0 saturated heterocycles. The number of allylic oxidation sites excluding steroid dienone is 1. The number of nitrogens with zero attached hydrogens (tertiary/aromatic N) is 2. The topological polar surface area (TPSA) is 66.0 Å².